The Balaban J connectivity index is 1.38. The lowest BCUT2D eigenvalue weighted by molar-refractivity contribution is -0.122. The molecule has 8 heteroatoms. The first-order valence-corrected chi connectivity index (χ1v) is 12.3. The van der Waals surface area contributed by atoms with Gasteiger partial charge >= 0.3 is 0 Å². The van der Waals surface area contributed by atoms with Crippen LogP contribution in [0.25, 0.3) is 22.2 Å². The number of pyridine rings is 1. The predicted molar refractivity (Wildman–Crippen MR) is 135 cm³/mol. The highest BCUT2D eigenvalue weighted by Gasteiger charge is 2.34. The van der Waals surface area contributed by atoms with Gasteiger partial charge in [0.1, 0.15) is 10.7 Å². The van der Waals surface area contributed by atoms with E-state index in [-0.39, 0.29) is 30.6 Å². The molecule has 1 unspecified atom stereocenters. The lowest BCUT2D eigenvalue weighted by Gasteiger charge is -2.35. The van der Waals surface area contributed by atoms with E-state index in [0.717, 1.165) is 16.0 Å². The number of hydrogen-bond donors (Lipinski definition) is 1. The molecule has 0 spiro atoms. The molecule has 2 aromatic heterocycles. The van der Waals surface area contributed by atoms with Crippen LogP contribution >= 0.6 is 11.3 Å². The summed E-state index contributed by atoms with van der Waals surface area (Å²) < 4.78 is 0. The number of carbonyl (C=O) groups excluding carboxylic acids is 3. The number of hydrogen-bond acceptors (Lipinski definition) is 6. The molecule has 0 bridgehead atoms. The molecule has 4 aromatic rings. The van der Waals surface area contributed by atoms with Gasteiger partial charge < -0.3 is 10.2 Å². The largest absolute Gasteiger partial charge is 0.350 e. The van der Waals surface area contributed by atoms with Gasteiger partial charge in [-0.3, -0.25) is 19.4 Å². The number of thiazole rings is 1. The number of nitrogens with one attached hydrogen (secondary N) is 1. The number of aryl methyl sites for hydroxylation is 1. The molecule has 0 radical (unpaired) electrons. The highest BCUT2D eigenvalue weighted by atomic mass is 32.1. The molecule has 35 heavy (non-hydrogen) atoms. The van der Waals surface area contributed by atoms with Crippen LogP contribution in [0.3, 0.4) is 0 Å². The zero-order valence-electron chi connectivity index (χ0n) is 19.2. The molecule has 0 aliphatic carbocycles. The molecule has 1 atom stereocenters. The zero-order chi connectivity index (χ0) is 24.4. The number of rotatable bonds is 5. The Labute approximate surface area is 206 Å². The van der Waals surface area contributed by atoms with Crippen LogP contribution in [0.1, 0.15) is 37.9 Å². The molecule has 2 aromatic carbocycles. The van der Waals surface area contributed by atoms with E-state index in [4.69, 9.17) is 0 Å². The maximum Gasteiger partial charge on any atom is 0.266 e. The number of ketones is 1. The summed E-state index contributed by atoms with van der Waals surface area (Å²) in [7, 11) is 0. The predicted octanol–water partition coefficient (Wildman–Crippen LogP) is 4.27. The van der Waals surface area contributed by atoms with Crippen LogP contribution in [0, 0.1) is 6.92 Å². The van der Waals surface area contributed by atoms with Gasteiger partial charge in [-0.2, -0.15) is 0 Å². The average molecular weight is 485 g/mol. The molecule has 1 aliphatic heterocycles. The van der Waals surface area contributed by atoms with Crippen molar-refractivity contribution in [1.82, 2.24) is 20.2 Å². The summed E-state index contributed by atoms with van der Waals surface area (Å²) >= 11 is 1.35. The van der Waals surface area contributed by atoms with Gasteiger partial charge in [0.15, 0.2) is 0 Å². The average Bonchev–Trinajstić information content (AvgIpc) is 3.28. The molecule has 2 amide bonds. The maximum atomic E-state index is 13.7. The van der Waals surface area contributed by atoms with E-state index in [0.29, 0.717) is 34.6 Å². The second-order valence-electron chi connectivity index (χ2n) is 8.51. The summed E-state index contributed by atoms with van der Waals surface area (Å²) in [5, 5.41) is 4.61. The van der Waals surface area contributed by atoms with E-state index >= 15 is 0 Å². The minimum Gasteiger partial charge on any atom is -0.350 e. The van der Waals surface area contributed by atoms with Crippen LogP contribution in [0.2, 0.25) is 0 Å². The summed E-state index contributed by atoms with van der Waals surface area (Å²) in [6.07, 6.45) is 2.17. The van der Waals surface area contributed by atoms with Crippen LogP contribution in [0.4, 0.5) is 0 Å². The number of carbonyl (C=O) groups is 3. The molecular weight excluding hydrogens is 460 g/mol. The first kappa shape index (κ1) is 22.9. The van der Waals surface area contributed by atoms with Crippen molar-refractivity contribution in [3.63, 3.8) is 0 Å². The Morgan fingerprint density at radius 1 is 1.09 bits per heavy atom. The Kier molecular flexibility index (Phi) is 6.37. The lowest BCUT2D eigenvalue weighted by Crippen LogP contribution is -2.51. The van der Waals surface area contributed by atoms with Crippen molar-refractivity contribution < 1.29 is 14.4 Å². The van der Waals surface area contributed by atoms with Gasteiger partial charge in [-0.15, -0.1) is 11.3 Å². The fraction of sp³-hybridized carbons (Fsp3) is 0.222. The summed E-state index contributed by atoms with van der Waals surface area (Å²) in [6.45, 7) is 2.38. The highest BCUT2D eigenvalue weighted by Crippen LogP contribution is 2.30. The third-order valence-corrected chi connectivity index (χ3v) is 7.11. The van der Waals surface area contributed by atoms with E-state index < -0.39 is 6.04 Å². The van der Waals surface area contributed by atoms with Gasteiger partial charge in [0, 0.05) is 43.1 Å². The van der Waals surface area contributed by atoms with Gasteiger partial charge in [0.25, 0.3) is 11.8 Å². The molecule has 1 saturated heterocycles. The molecule has 176 valence electrons. The monoisotopic (exact) mass is 484 g/mol. The third kappa shape index (κ3) is 4.70. The van der Waals surface area contributed by atoms with E-state index in [1.165, 1.54) is 11.3 Å². The summed E-state index contributed by atoms with van der Waals surface area (Å²) in [6, 6.07) is 18.4. The molecule has 1 aliphatic rings. The third-order valence-electron chi connectivity index (χ3n) is 6.15. The standard InChI is InChI=1S/C27H24N4O3S/c1-17-30-24(19-7-3-2-4-8-19)25(35-17)27(34)31-14-12-21(32)15-20(31)16-29-26(33)22-11-5-9-18-10-6-13-28-23(18)22/h2-11,13,20H,12,14-16H2,1H3,(H,29,33). The number of para-hydroxylation sites is 1. The van der Waals surface area contributed by atoms with Crippen molar-refractivity contribution in [2.45, 2.75) is 25.8 Å². The van der Waals surface area contributed by atoms with Crippen LogP contribution in [0.5, 0.6) is 0 Å². The summed E-state index contributed by atoms with van der Waals surface area (Å²) in [4.78, 5) is 50.2. The minimum atomic E-state index is -0.429. The molecule has 1 fully saturated rings. The first-order chi connectivity index (χ1) is 17.0. The van der Waals surface area contributed by atoms with Crippen LogP contribution in [-0.2, 0) is 4.79 Å². The summed E-state index contributed by atoms with van der Waals surface area (Å²) in [5.74, 6) is -0.352. The Morgan fingerprint density at radius 2 is 1.89 bits per heavy atom. The second-order valence-corrected chi connectivity index (χ2v) is 9.72. The molecular formula is C27H24N4O3S. The van der Waals surface area contributed by atoms with E-state index in [1.807, 2.05) is 61.5 Å². The van der Waals surface area contributed by atoms with Crippen molar-refractivity contribution in [3.05, 3.63) is 82.3 Å². The van der Waals surface area contributed by atoms with Gasteiger partial charge in [0.05, 0.1) is 27.8 Å². The number of fused-ring (bicyclic) bond motifs is 1. The van der Waals surface area contributed by atoms with Crippen molar-refractivity contribution >= 4 is 39.8 Å². The quantitative estimate of drug-likeness (QED) is 0.457. The molecule has 5 rings (SSSR count). The van der Waals surface area contributed by atoms with Crippen molar-refractivity contribution in [2.75, 3.05) is 13.1 Å². The van der Waals surface area contributed by atoms with Gasteiger partial charge in [-0.25, -0.2) is 4.98 Å². The number of likely N-dealkylation sites (tertiary alicyclic amines) is 1. The van der Waals surface area contributed by atoms with Crippen LogP contribution in [0.15, 0.2) is 66.9 Å². The molecule has 7 nitrogen and oxygen atoms in total. The maximum absolute atomic E-state index is 13.7. The molecule has 3 heterocycles. The number of benzene rings is 2. The fourth-order valence-electron chi connectivity index (χ4n) is 4.44. The van der Waals surface area contributed by atoms with E-state index in [9.17, 15) is 14.4 Å². The Hall–Kier alpha value is -3.91. The lowest BCUT2D eigenvalue weighted by atomic mass is 9.99. The fourth-order valence-corrected chi connectivity index (χ4v) is 5.34. The molecule has 0 saturated carbocycles. The van der Waals surface area contributed by atoms with Crippen LogP contribution in [-0.4, -0.2) is 51.6 Å². The van der Waals surface area contributed by atoms with Gasteiger partial charge in [-0.1, -0.05) is 48.5 Å². The number of aromatic nitrogens is 2. The first-order valence-electron chi connectivity index (χ1n) is 11.5. The molecule has 1 N–H and O–H groups in total. The number of piperidine rings is 1. The smallest absolute Gasteiger partial charge is 0.266 e. The minimum absolute atomic E-state index is 0.0869. The van der Waals surface area contributed by atoms with E-state index in [2.05, 4.69) is 15.3 Å². The topological polar surface area (TPSA) is 92.3 Å². The number of amides is 2. The van der Waals surface area contributed by atoms with Crippen LogP contribution < -0.4 is 5.32 Å². The van der Waals surface area contributed by atoms with Crippen molar-refractivity contribution in [3.8, 4) is 11.3 Å². The Bertz CT molecular complexity index is 1410. The van der Waals surface area contributed by atoms with Gasteiger partial charge in [0.2, 0.25) is 0 Å². The normalized spacial score (nSPS) is 15.9. The van der Waals surface area contributed by atoms with Crippen molar-refractivity contribution in [2.24, 2.45) is 0 Å². The Morgan fingerprint density at radius 3 is 2.71 bits per heavy atom. The highest BCUT2D eigenvalue weighted by molar-refractivity contribution is 7.14. The summed E-state index contributed by atoms with van der Waals surface area (Å²) in [5.41, 5.74) is 2.61. The van der Waals surface area contributed by atoms with Gasteiger partial charge in [-0.05, 0) is 19.1 Å². The SMILES string of the molecule is Cc1nc(-c2ccccc2)c(C(=O)N2CCC(=O)CC2CNC(=O)c2cccc3cccnc23)s1. The second kappa shape index (κ2) is 9.76. The number of Topliss-reactive ketones (excluding diaryl/α,β-unsaturated/α-hetero) is 1. The van der Waals surface area contributed by atoms with Crippen molar-refractivity contribution in [1.29, 1.82) is 0 Å². The number of nitrogens with zero attached hydrogens (tertiary/aromatic N) is 3. The zero-order valence-corrected chi connectivity index (χ0v) is 20.0. The van der Waals surface area contributed by atoms with E-state index in [1.54, 1.807) is 17.2 Å².